The summed E-state index contributed by atoms with van der Waals surface area (Å²) >= 11 is 5.79. The molecule has 0 aliphatic heterocycles. The first kappa shape index (κ1) is 10.8. The van der Waals surface area contributed by atoms with Crippen molar-refractivity contribution in [2.75, 3.05) is 6.54 Å². The number of nitrogens with two attached hydrogens (primary N) is 1. The molecule has 1 aliphatic carbocycles. The Hall–Kier alpha value is -0.240. The molecule has 2 N–H and O–H groups in total. The predicted molar refractivity (Wildman–Crippen MR) is 58.7 cm³/mol. The Bertz CT molecular complexity index is 277. The van der Waals surface area contributed by atoms with Crippen molar-refractivity contribution in [2.24, 2.45) is 5.73 Å². The van der Waals surface area contributed by atoms with Crippen LogP contribution in [-0.4, -0.2) is 6.54 Å². The minimum atomic E-state index is 0. The monoisotopic (exact) mass is 217 g/mol. The summed E-state index contributed by atoms with van der Waals surface area (Å²) in [6.07, 6.45) is 2.45. The number of rotatable bonds is 2. The summed E-state index contributed by atoms with van der Waals surface area (Å²) in [6.45, 7) is 0.759. The van der Waals surface area contributed by atoms with E-state index in [2.05, 4.69) is 12.1 Å². The molecular formula is C10H13Cl2N. The van der Waals surface area contributed by atoms with Crippen LogP contribution in [-0.2, 0) is 5.41 Å². The van der Waals surface area contributed by atoms with Crippen LogP contribution in [0.5, 0.6) is 0 Å². The van der Waals surface area contributed by atoms with Crippen LogP contribution in [0.4, 0.5) is 0 Å². The van der Waals surface area contributed by atoms with Gasteiger partial charge in [-0.3, -0.25) is 0 Å². The zero-order valence-corrected chi connectivity index (χ0v) is 8.87. The minimum absolute atomic E-state index is 0. The molecule has 3 heteroatoms. The second-order valence-corrected chi connectivity index (χ2v) is 3.93. The molecule has 13 heavy (non-hydrogen) atoms. The topological polar surface area (TPSA) is 26.0 Å². The lowest BCUT2D eigenvalue weighted by molar-refractivity contribution is 0.705. The van der Waals surface area contributed by atoms with Gasteiger partial charge in [0.25, 0.3) is 0 Å². The largest absolute Gasteiger partial charge is 0.330 e. The molecule has 0 bridgehead atoms. The van der Waals surface area contributed by atoms with Crippen LogP contribution in [0.1, 0.15) is 18.4 Å². The van der Waals surface area contributed by atoms with Gasteiger partial charge >= 0.3 is 0 Å². The molecule has 1 saturated carbocycles. The molecular weight excluding hydrogens is 205 g/mol. The highest BCUT2D eigenvalue weighted by Crippen LogP contribution is 2.47. The molecule has 0 spiro atoms. The Morgan fingerprint density at radius 2 is 1.77 bits per heavy atom. The zero-order valence-electron chi connectivity index (χ0n) is 7.29. The van der Waals surface area contributed by atoms with Crippen LogP contribution in [0.25, 0.3) is 0 Å². The van der Waals surface area contributed by atoms with Crippen molar-refractivity contribution in [2.45, 2.75) is 18.3 Å². The molecule has 0 atom stereocenters. The third kappa shape index (κ3) is 1.98. The summed E-state index contributed by atoms with van der Waals surface area (Å²) in [5, 5.41) is 0.798. The molecule has 0 saturated heterocycles. The van der Waals surface area contributed by atoms with Crippen LogP contribution in [0.3, 0.4) is 0 Å². The maximum absolute atomic E-state index is 5.79. The molecule has 1 aromatic rings. The van der Waals surface area contributed by atoms with Crippen molar-refractivity contribution >= 4 is 24.0 Å². The van der Waals surface area contributed by atoms with Crippen molar-refractivity contribution in [1.82, 2.24) is 0 Å². The van der Waals surface area contributed by atoms with Crippen molar-refractivity contribution in [3.05, 3.63) is 34.9 Å². The van der Waals surface area contributed by atoms with E-state index in [4.69, 9.17) is 17.3 Å². The molecule has 72 valence electrons. The molecule has 0 amide bonds. The van der Waals surface area contributed by atoms with E-state index in [1.54, 1.807) is 0 Å². The lowest BCUT2D eigenvalue weighted by atomic mass is 9.96. The van der Waals surface area contributed by atoms with Crippen molar-refractivity contribution in [3.8, 4) is 0 Å². The van der Waals surface area contributed by atoms with Gasteiger partial charge in [-0.1, -0.05) is 23.7 Å². The summed E-state index contributed by atoms with van der Waals surface area (Å²) < 4.78 is 0. The summed E-state index contributed by atoms with van der Waals surface area (Å²) in [4.78, 5) is 0. The number of halogens is 2. The standard InChI is InChI=1S/C10H12ClN.ClH/c11-9-3-1-8(2-4-9)10(7-12)5-6-10;/h1-4H,5-7,12H2;1H. The lowest BCUT2D eigenvalue weighted by Gasteiger charge is -2.11. The lowest BCUT2D eigenvalue weighted by Crippen LogP contribution is -2.19. The quantitative estimate of drug-likeness (QED) is 0.811. The molecule has 1 nitrogen and oxygen atoms in total. The summed E-state index contributed by atoms with van der Waals surface area (Å²) in [6, 6.07) is 8.05. The van der Waals surface area contributed by atoms with Crippen molar-refractivity contribution in [3.63, 3.8) is 0 Å². The van der Waals surface area contributed by atoms with Gasteiger partial charge in [-0.15, -0.1) is 12.4 Å². The Morgan fingerprint density at radius 3 is 2.15 bits per heavy atom. The normalized spacial score (nSPS) is 17.7. The van der Waals surface area contributed by atoms with Gasteiger partial charge in [0.05, 0.1) is 0 Å². The highest BCUT2D eigenvalue weighted by molar-refractivity contribution is 6.30. The van der Waals surface area contributed by atoms with E-state index in [9.17, 15) is 0 Å². The average Bonchev–Trinajstić information content (AvgIpc) is 2.86. The zero-order chi connectivity index (χ0) is 8.60. The Kier molecular flexibility index (Phi) is 3.23. The molecule has 1 aliphatic rings. The fraction of sp³-hybridized carbons (Fsp3) is 0.400. The first-order chi connectivity index (χ1) is 5.77. The third-order valence-electron chi connectivity index (χ3n) is 2.70. The fourth-order valence-electron chi connectivity index (χ4n) is 1.56. The first-order valence-electron chi connectivity index (χ1n) is 4.23. The molecule has 0 unspecified atom stereocenters. The van der Waals surface area contributed by atoms with Gasteiger partial charge in [0.15, 0.2) is 0 Å². The van der Waals surface area contributed by atoms with Crippen LogP contribution >= 0.6 is 24.0 Å². The van der Waals surface area contributed by atoms with Gasteiger partial charge in [0.1, 0.15) is 0 Å². The maximum Gasteiger partial charge on any atom is 0.0406 e. The Labute approximate surface area is 89.7 Å². The second-order valence-electron chi connectivity index (χ2n) is 3.49. The molecule has 1 fully saturated rings. The van der Waals surface area contributed by atoms with E-state index in [1.165, 1.54) is 18.4 Å². The second kappa shape index (κ2) is 3.87. The SMILES string of the molecule is Cl.NCC1(c2ccc(Cl)cc2)CC1. The van der Waals surface area contributed by atoms with E-state index in [0.717, 1.165) is 11.6 Å². The van der Waals surface area contributed by atoms with E-state index in [1.807, 2.05) is 12.1 Å². The predicted octanol–water partition coefficient (Wildman–Crippen LogP) is 2.75. The van der Waals surface area contributed by atoms with Gasteiger partial charge in [-0.2, -0.15) is 0 Å². The highest BCUT2D eigenvalue weighted by Gasteiger charge is 2.42. The number of hydrogen-bond donors (Lipinski definition) is 1. The molecule has 0 radical (unpaired) electrons. The highest BCUT2D eigenvalue weighted by atomic mass is 35.5. The minimum Gasteiger partial charge on any atom is -0.330 e. The number of benzene rings is 1. The Morgan fingerprint density at radius 1 is 1.23 bits per heavy atom. The van der Waals surface area contributed by atoms with Gasteiger partial charge in [0.2, 0.25) is 0 Å². The molecule has 1 aromatic carbocycles. The Balaban J connectivity index is 0.000000845. The molecule has 0 aromatic heterocycles. The summed E-state index contributed by atoms with van der Waals surface area (Å²) in [7, 11) is 0. The molecule has 2 rings (SSSR count). The summed E-state index contributed by atoms with van der Waals surface area (Å²) in [5.41, 5.74) is 7.34. The van der Waals surface area contributed by atoms with Gasteiger partial charge < -0.3 is 5.73 Å². The number of hydrogen-bond acceptors (Lipinski definition) is 1. The van der Waals surface area contributed by atoms with Crippen LogP contribution in [0.15, 0.2) is 24.3 Å². The average molecular weight is 218 g/mol. The van der Waals surface area contributed by atoms with E-state index >= 15 is 0 Å². The smallest absolute Gasteiger partial charge is 0.0406 e. The van der Waals surface area contributed by atoms with Gasteiger partial charge in [0, 0.05) is 17.0 Å². The van der Waals surface area contributed by atoms with E-state index < -0.39 is 0 Å². The fourth-order valence-corrected chi connectivity index (χ4v) is 1.69. The summed E-state index contributed by atoms with van der Waals surface area (Å²) in [5.74, 6) is 0. The third-order valence-corrected chi connectivity index (χ3v) is 2.95. The van der Waals surface area contributed by atoms with Crippen molar-refractivity contribution < 1.29 is 0 Å². The van der Waals surface area contributed by atoms with Gasteiger partial charge in [-0.05, 0) is 30.5 Å². The van der Waals surface area contributed by atoms with Crippen molar-refractivity contribution in [1.29, 1.82) is 0 Å². The van der Waals surface area contributed by atoms with E-state index in [-0.39, 0.29) is 12.4 Å². The van der Waals surface area contributed by atoms with E-state index in [0.29, 0.717) is 5.41 Å². The van der Waals surface area contributed by atoms with Crippen LogP contribution < -0.4 is 5.73 Å². The van der Waals surface area contributed by atoms with Crippen LogP contribution in [0.2, 0.25) is 5.02 Å². The molecule has 0 heterocycles. The van der Waals surface area contributed by atoms with Gasteiger partial charge in [-0.25, -0.2) is 0 Å². The first-order valence-corrected chi connectivity index (χ1v) is 4.61. The van der Waals surface area contributed by atoms with Crippen LogP contribution in [0, 0.1) is 0 Å². The maximum atomic E-state index is 5.79.